The van der Waals surface area contributed by atoms with Gasteiger partial charge in [-0.05, 0) is 20.8 Å². The fourth-order valence-electron chi connectivity index (χ4n) is 1.75. The second kappa shape index (κ2) is 4.39. The molecule has 6 nitrogen and oxygen atoms in total. The molecule has 1 amide bonds. The van der Waals surface area contributed by atoms with Gasteiger partial charge >= 0.3 is 5.97 Å². The number of ether oxygens (including phenoxy) is 2. The van der Waals surface area contributed by atoms with E-state index in [4.69, 9.17) is 10.5 Å². The van der Waals surface area contributed by atoms with Crippen LogP contribution in [0.2, 0.25) is 0 Å². The van der Waals surface area contributed by atoms with Gasteiger partial charge < -0.3 is 15.2 Å². The van der Waals surface area contributed by atoms with Crippen LogP contribution in [0.3, 0.4) is 0 Å². The minimum absolute atomic E-state index is 0.137. The molecule has 0 aliphatic carbocycles. The summed E-state index contributed by atoms with van der Waals surface area (Å²) >= 11 is 0. The molecule has 0 aromatic heterocycles. The molecule has 16 heavy (non-hydrogen) atoms. The Morgan fingerprint density at radius 3 is 2.56 bits per heavy atom. The summed E-state index contributed by atoms with van der Waals surface area (Å²) in [4.78, 5) is 24.8. The van der Waals surface area contributed by atoms with Gasteiger partial charge in [-0.3, -0.25) is 9.69 Å². The lowest BCUT2D eigenvalue weighted by Crippen LogP contribution is -2.55. The van der Waals surface area contributed by atoms with Crippen LogP contribution in [0.15, 0.2) is 0 Å². The number of methoxy groups -OCH3 is 1. The first-order valence-corrected chi connectivity index (χ1v) is 5.12. The fraction of sp³-hybridized carbons (Fsp3) is 0.800. The number of hydrogen-bond acceptors (Lipinski definition) is 5. The Hall–Kier alpha value is -1.14. The highest BCUT2D eigenvalue weighted by molar-refractivity contribution is 5.88. The first-order chi connectivity index (χ1) is 7.31. The maximum atomic E-state index is 11.9. The molecule has 0 saturated carbocycles. The van der Waals surface area contributed by atoms with Gasteiger partial charge in [0.15, 0.2) is 6.04 Å². The van der Waals surface area contributed by atoms with Gasteiger partial charge in [0.2, 0.25) is 5.91 Å². The second-order valence-electron chi connectivity index (χ2n) is 4.29. The quantitative estimate of drug-likeness (QED) is 0.645. The maximum Gasteiger partial charge on any atom is 0.331 e. The first kappa shape index (κ1) is 12.9. The van der Waals surface area contributed by atoms with E-state index in [0.717, 1.165) is 0 Å². The standard InChI is InChI=1S/C10H18N2O4/c1-6(11)8(13)12-7(9(14)15-4)5-16-10(12,2)3/h6-7H,5,11H2,1-4H3/t6-,7-/m0/s1. The van der Waals surface area contributed by atoms with Gasteiger partial charge in [-0.1, -0.05) is 0 Å². The molecular formula is C10H18N2O4. The van der Waals surface area contributed by atoms with Gasteiger partial charge in [0.25, 0.3) is 0 Å². The predicted molar refractivity (Wildman–Crippen MR) is 56.3 cm³/mol. The van der Waals surface area contributed by atoms with Crippen molar-refractivity contribution in [2.24, 2.45) is 5.73 Å². The number of carbonyl (C=O) groups is 2. The molecule has 2 N–H and O–H groups in total. The summed E-state index contributed by atoms with van der Waals surface area (Å²) in [6.07, 6.45) is 0. The van der Waals surface area contributed by atoms with Crippen LogP contribution in [0.4, 0.5) is 0 Å². The zero-order chi connectivity index (χ0) is 12.5. The fourth-order valence-corrected chi connectivity index (χ4v) is 1.75. The summed E-state index contributed by atoms with van der Waals surface area (Å²) in [5.74, 6) is -0.808. The Morgan fingerprint density at radius 1 is 1.56 bits per heavy atom. The van der Waals surface area contributed by atoms with Crippen LogP contribution in [0.25, 0.3) is 0 Å². The molecule has 2 atom stereocenters. The highest BCUT2D eigenvalue weighted by atomic mass is 16.6. The Morgan fingerprint density at radius 2 is 2.12 bits per heavy atom. The monoisotopic (exact) mass is 230 g/mol. The smallest absolute Gasteiger partial charge is 0.331 e. The second-order valence-corrected chi connectivity index (χ2v) is 4.29. The summed E-state index contributed by atoms with van der Waals surface area (Å²) in [6.45, 7) is 5.15. The van der Waals surface area contributed by atoms with Crippen LogP contribution in [0, 0.1) is 0 Å². The molecule has 0 bridgehead atoms. The molecule has 1 fully saturated rings. The lowest BCUT2D eigenvalue weighted by atomic mass is 10.1. The lowest BCUT2D eigenvalue weighted by Gasteiger charge is -2.33. The normalized spacial score (nSPS) is 25.3. The molecule has 0 spiro atoms. The summed E-state index contributed by atoms with van der Waals surface area (Å²) in [6, 6.07) is -1.38. The highest BCUT2D eigenvalue weighted by Crippen LogP contribution is 2.28. The molecule has 1 rings (SSSR count). The lowest BCUT2D eigenvalue weighted by molar-refractivity contribution is -0.157. The van der Waals surface area contributed by atoms with Gasteiger partial charge in [0.1, 0.15) is 5.72 Å². The van der Waals surface area contributed by atoms with Crippen molar-refractivity contribution in [3.8, 4) is 0 Å². The van der Waals surface area contributed by atoms with Crippen molar-refractivity contribution in [1.82, 2.24) is 4.90 Å². The van der Waals surface area contributed by atoms with E-state index in [-0.39, 0.29) is 12.5 Å². The van der Waals surface area contributed by atoms with Gasteiger partial charge in [-0.2, -0.15) is 0 Å². The van der Waals surface area contributed by atoms with E-state index in [1.165, 1.54) is 12.0 Å². The summed E-state index contributed by atoms with van der Waals surface area (Å²) in [7, 11) is 1.28. The van der Waals surface area contributed by atoms with E-state index in [1.807, 2.05) is 0 Å². The van der Waals surface area contributed by atoms with Crippen LogP contribution >= 0.6 is 0 Å². The minimum atomic E-state index is -0.830. The van der Waals surface area contributed by atoms with Crippen molar-refractivity contribution in [3.05, 3.63) is 0 Å². The number of rotatable bonds is 2. The van der Waals surface area contributed by atoms with Crippen molar-refractivity contribution in [2.45, 2.75) is 38.6 Å². The van der Waals surface area contributed by atoms with Crippen molar-refractivity contribution in [2.75, 3.05) is 13.7 Å². The Bertz CT molecular complexity index is 301. The number of amides is 1. The zero-order valence-electron chi connectivity index (χ0n) is 10.0. The van der Waals surface area contributed by atoms with Gasteiger partial charge in [0, 0.05) is 0 Å². The topological polar surface area (TPSA) is 81.9 Å². The van der Waals surface area contributed by atoms with Crippen LogP contribution in [0.5, 0.6) is 0 Å². The number of nitrogens with zero attached hydrogens (tertiary/aromatic N) is 1. The number of hydrogen-bond donors (Lipinski definition) is 1. The number of nitrogens with two attached hydrogens (primary N) is 1. The van der Waals surface area contributed by atoms with Crippen molar-refractivity contribution >= 4 is 11.9 Å². The molecule has 0 radical (unpaired) electrons. The van der Waals surface area contributed by atoms with Gasteiger partial charge in [-0.25, -0.2) is 4.79 Å². The average Bonchev–Trinajstić information content (AvgIpc) is 2.51. The summed E-state index contributed by atoms with van der Waals surface area (Å²) in [5.41, 5.74) is 4.71. The Balaban J connectivity index is 2.96. The van der Waals surface area contributed by atoms with E-state index in [9.17, 15) is 9.59 Å². The molecule has 0 aromatic rings. The highest BCUT2D eigenvalue weighted by Gasteiger charge is 2.48. The minimum Gasteiger partial charge on any atom is -0.467 e. The predicted octanol–water partition coefficient (Wildman–Crippen LogP) is -0.530. The van der Waals surface area contributed by atoms with Gasteiger partial charge in [-0.15, -0.1) is 0 Å². The number of esters is 1. The summed E-state index contributed by atoms with van der Waals surface area (Å²) in [5, 5.41) is 0. The van der Waals surface area contributed by atoms with E-state index < -0.39 is 23.8 Å². The maximum absolute atomic E-state index is 11.9. The van der Waals surface area contributed by atoms with Crippen LogP contribution in [-0.2, 0) is 19.1 Å². The first-order valence-electron chi connectivity index (χ1n) is 5.12. The largest absolute Gasteiger partial charge is 0.467 e. The Labute approximate surface area is 94.7 Å². The third kappa shape index (κ3) is 2.17. The van der Waals surface area contributed by atoms with E-state index in [2.05, 4.69) is 4.74 Å². The molecule has 0 unspecified atom stereocenters. The molecule has 6 heteroatoms. The molecule has 92 valence electrons. The van der Waals surface area contributed by atoms with Crippen LogP contribution in [-0.4, -0.2) is 48.3 Å². The van der Waals surface area contributed by atoms with Crippen molar-refractivity contribution < 1.29 is 19.1 Å². The molecule has 1 heterocycles. The van der Waals surface area contributed by atoms with Crippen LogP contribution < -0.4 is 5.73 Å². The third-order valence-corrected chi connectivity index (χ3v) is 2.59. The Kier molecular flexibility index (Phi) is 3.54. The molecular weight excluding hydrogens is 212 g/mol. The van der Waals surface area contributed by atoms with Crippen LogP contribution in [0.1, 0.15) is 20.8 Å². The van der Waals surface area contributed by atoms with Crippen molar-refractivity contribution in [1.29, 1.82) is 0 Å². The summed E-state index contributed by atoms with van der Waals surface area (Å²) < 4.78 is 10.0. The zero-order valence-corrected chi connectivity index (χ0v) is 10.0. The number of carbonyl (C=O) groups excluding carboxylic acids is 2. The van der Waals surface area contributed by atoms with Crippen molar-refractivity contribution in [3.63, 3.8) is 0 Å². The average molecular weight is 230 g/mol. The van der Waals surface area contributed by atoms with E-state index in [1.54, 1.807) is 20.8 Å². The molecule has 0 aromatic carbocycles. The van der Waals surface area contributed by atoms with Gasteiger partial charge in [0.05, 0.1) is 19.8 Å². The molecule has 1 aliphatic rings. The van der Waals surface area contributed by atoms with E-state index in [0.29, 0.717) is 0 Å². The molecule has 1 saturated heterocycles. The molecule has 1 aliphatic heterocycles. The third-order valence-electron chi connectivity index (χ3n) is 2.59. The van der Waals surface area contributed by atoms with E-state index >= 15 is 0 Å². The SMILES string of the molecule is COC(=O)[C@@H]1COC(C)(C)N1C(=O)[C@H](C)N.